The summed E-state index contributed by atoms with van der Waals surface area (Å²) >= 11 is 3.13. The van der Waals surface area contributed by atoms with Gasteiger partial charge in [-0.3, -0.25) is 4.79 Å². The van der Waals surface area contributed by atoms with Crippen LogP contribution in [0.1, 0.15) is 11.1 Å². The lowest BCUT2D eigenvalue weighted by molar-refractivity contribution is -0.148. The number of esters is 2. The van der Waals surface area contributed by atoms with Crippen molar-refractivity contribution >= 4 is 46.3 Å². The fraction of sp³-hybridized carbons (Fsp3) is 0.174. The molecule has 2 aromatic rings. The molecular formula is C23H20BrFO5. The summed E-state index contributed by atoms with van der Waals surface area (Å²) in [5, 5.41) is 0. The molecule has 0 bridgehead atoms. The smallest absolute Gasteiger partial charge is 0.331 e. The Bertz CT molecular complexity index is 883. The molecule has 0 amide bonds. The Morgan fingerprint density at radius 3 is 1.90 bits per heavy atom. The first-order chi connectivity index (χ1) is 14.5. The first kappa shape index (κ1) is 23.2. The lowest BCUT2D eigenvalue weighted by Gasteiger charge is -2.22. The summed E-state index contributed by atoms with van der Waals surface area (Å²) in [6, 6.07) is 18.1. The molecule has 0 heterocycles. The number of aldehydes is 1. The van der Waals surface area contributed by atoms with Gasteiger partial charge >= 0.3 is 11.9 Å². The van der Waals surface area contributed by atoms with E-state index in [0.717, 1.165) is 17.2 Å². The Labute approximate surface area is 182 Å². The molecule has 0 radical (unpaired) electrons. The number of carbonyl (C=O) groups excluding carboxylic acids is 3. The molecule has 7 heteroatoms. The Balaban J connectivity index is 1.91. The summed E-state index contributed by atoms with van der Waals surface area (Å²) in [7, 11) is 0. The SMILES string of the molecule is O=C[C@@H](F)C(OC(=O)/C=C/c1ccccc1)[C@@H](Br)COC(=O)/C=C/c1ccccc1. The molecule has 0 aliphatic rings. The van der Waals surface area contributed by atoms with Crippen LogP contribution in [0.3, 0.4) is 0 Å². The average Bonchev–Trinajstić information content (AvgIpc) is 2.79. The van der Waals surface area contributed by atoms with Crippen molar-refractivity contribution in [2.75, 3.05) is 6.61 Å². The molecular weight excluding hydrogens is 455 g/mol. The number of benzene rings is 2. The second-order valence-corrected chi connectivity index (χ2v) is 7.29. The van der Waals surface area contributed by atoms with Crippen LogP contribution in [-0.2, 0) is 23.9 Å². The Morgan fingerprint density at radius 2 is 1.40 bits per heavy atom. The minimum Gasteiger partial charge on any atom is -0.461 e. The van der Waals surface area contributed by atoms with E-state index in [1.165, 1.54) is 12.2 Å². The quantitative estimate of drug-likeness (QED) is 0.223. The van der Waals surface area contributed by atoms with Crippen LogP contribution in [0.5, 0.6) is 0 Å². The molecule has 0 fully saturated rings. The van der Waals surface area contributed by atoms with Gasteiger partial charge in [-0.15, -0.1) is 0 Å². The molecule has 0 aromatic heterocycles. The van der Waals surface area contributed by atoms with Crippen molar-refractivity contribution in [3.8, 4) is 0 Å². The number of hydrogen-bond acceptors (Lipinski definition) is 5. The van der Waals surface area contributed by atoms with Gasteiger partial charge in [0.2, 0.25) is 0 Å². The number of rotatable bonds is 10. The van der Waals surface area contributed by atoms with Gasteiger partial charge in [-0.2, -0.15) is 0 Å². The number of hydrogen-bond donors (Lipinski definition) is 0. The number of carbonyl (C=O) groups is 3. The van der Waals surface area contributed by atoms with E-state index in [1.807, 2.05) is 36.4 Å². The van der Waals surface area contributed by atoms with Gasteiger partial charge in [0.05, 0.1) is 4.83 Å². The predicted molar refractivity (Wildman–Crippen MR) is 115 cm³/mol. The van der Waals surface area contributed by atoms with Crippen LogP contribution in [0.2, 0.25) is 0 Å². The van der Waals surface area contributed by atoms with Gasteiger partial charge in [-0.1, -0.05) is 76.6 Å². The fourth-order valence-corrected chi connectivity index (χ4v) is 2.88. The third kappa shape index (κ3) is 8.13. The summed E-state index contributed by atoms with van der Waals surface area (Å²) < 4.78 is 24.1. The van der Waals surface area contributed by atoms with E-state index in [4.69, 9.17) is 9.47 Å². The van der Waals surface area contributed by atoms with E-state index in [2.05, 4.69) is 15.9 Å². The molecule has 0 aliphatic carbocycles. The molecule has 3 atom stereocenters. The second-order valence-electron chi connectivity index (χ2n) is 6.12. The van der Waals surface area contributed by atoms with Crippen LogP contribution in [0.15, 0.2) is 72.8 Å². The molecule has 5 nitrogen and oxygen atoms in total. The molecule has 1 unspecified atom stereocenters. The van der Waals surface area contributed by atoms with E-state index in [-0.39, 0.29) is 12.9 Å². The molecule has 0 aliphatic heterocycles. The molecule has 0 saturated carbocycles. The largest absolute Gasteiger partial charge is 0.461 e. The van der Waals surface area contributed by atoms with Crippen molar-refractivity contribution in [1.82, 2.24) is 0 Å². The monoisotopic (exact) mass is 474 g/mol. The highest BCUT2D eigenvalue weighted by Crippen LogP contribution is 2.17. The van der Waals surface area contributed by atoms with Crippen LogP contribution >= 0.6 is 15.9 Å². The van der Waals surface area contributed by atoms with E-state index < -0.39 is 29.0 Å². The van der Waals surface area contributed by atoms with Crippen LogP contribution in [0, 0.1) is 0 Å². The van der Waals surface area contributed by atoms with Crippen LogP contribution in [0.4, 0.5) is 4.39 Å². The Hall–Kier alpha value is -3.06. The normalized spacial score (nSPS) is 14.2. The average molecular weight is 475 g/mol. The third-order valence-corrected chi connectivity index (χ3v) is 4.65. The summed E-state index contributed by atoms with van der Waals surface area (Å²) in [4.78, 5) is 33.8. The molecule has 0 saturated heterocycles. The highest BCUT2D eigenvalue weighted by molar-refractivity contribution is 9.09. The third-order valence-electron chi connectivity index (χ3n) is 3.86. The van der Waals surface area contributed by atoms with E-state index in [1.54, 1.807) is 30.3 Å². The van der Waals surface area contributed by atoms with Crippen LogP contribution in [-0.4, -0.2) is 41.9 Å². The van der Waals surface area contributed by atoms with Crippen molar-refractivity contribution < 1.29 is 28.2 Å². The van der Waals surface area contributed by atoms with Gasteiger partial charge < -0.3 is 9.47 Å². The Kier molecular flexibility index (Phi) is 9.67. The molecule has 2 aromatic carbocycles. The maximum absolute atomic E-state index is 14.0. The standard InChI is InChI=1S/C23H20BrFO5/c24-19(16-29-21(27)13-11-17-7-3-1-4-8-17)23(20(25)15-26)30-22(28)14-12-18-9-5-2-6-10-18/h1-15,19-20,23H,16H2/b13-11+,14-12+/t19-,20+,23?/m0/s1. The van der Waals surface area contributed by atoms with E-state index in [0.29, 0.717) is 0 Å². The van der Waals surface area contributed by atoms with Crippen molar-refractivity contribution in [3.63, 3.8) is 0 Å². The molecule has 156 valence electrons. The maximum atomic E-state index is 14.0. The zero-order valence-corrected chi connectivity index (χ0v) is 17.5. The highest BCUT2D eigenvalue weighted by Gasteiger charge is 2.32. The lowest BCUT2D eigenvalue weighted by atomic mass is 10.1. The van der Waals surface area contributed by atoms with Crippen molar-refractivity contribution in [1.29, 1.82) is 0 Å². The fourth-order valence-electron chi connectivity index (χ4n) is 2.35. The minimum absolute atomic E-state index is 0.0320. The van der Waals surface area contributed by atoms with Gasteiger partial charge in [0, 0.05) is 12.2 Å². The van der Waals surface area contributed by atoms with Crippen molar-refractivity contribution in [3.05, 3.63) is 83.9 Å². The van der Waals surface area contributed by atoms with Crippen molar-refractivity contribution in [2.24, 2.45) is 0 Å². The van der Waals surface area contributed by atoms with Gasteiger partial charge in [-0.05, 0) is 23.3 Å². The predicted octanol–water partition coefficient (Wildman–Crippen LogP) is 4.17. The number of ether oxygens (including phenoxy) is 2. The first-order valence-electron chi connectivity index (χ1n) is 9.06. The summed E-state index contributed by atoms with van der Waals surface area (Å²) in [6.45, 7) is -0.299. The highest BCUT2D eigenvalue weighted by atomic mass is 79.9. The van der Waals surface area contributed by atoms with E-state index >= 15 is 0 Å². The zero-order chi connectivity index (χ0) is 21.8. The summed E-state index contributed by atoms with van der Waals surface area (Å²) in [5.41, 5.74) is 1.57. The zero-order valence-electron chi connectivity index (χ0n) is 15.9. The van der Waals surface area contributed by atoms with Gasteiger partial charge in [0.15, 0.2) is 18.6 Å². The van der Waals surface area contributed by atoms with Crippen LogP contribution in [0.25, 0.3) is 12.2 Å². The molecule has 0 N–H and O–H groups in total. The van der Waals surface area contributed by atoms with Crippen LogP contribution < -0.4 is 0 Å². The minimum atomic E-state index is -2.08. The maximum Gasteiger partial charge on any atom is 0.331 e. The van der Waals surface area contributed by atoms with E-state index in [9.17, 15) is 18.8 Å². The Morgan fingerprint density at radius 1 is 0.900 bits per heavy atom. The van der Waals surface area contributed by atoms with Gasteiger partial charge in [0.25, 0.3) is 0 Å². The topological polar surface area (TPSA) is 69.7 Å². The van der Waals surface area contributed by atoms with Crippen molar-refractivity contribution in [2.45, 2.75) is 17.1 Å². The molecule has 30 heavy (non-hydrogen) atoms. The first-order valence-corrected chi connectivity index (χ1v) is 9.98. The second kappa shape index (κ2) is 12.5. The summed E-state index contributed by atoms with van der Waals surface area (Å²) in [6.07, 6.45) is 1.93. The summed E-state index contributed by atoms with van der Waals surface area (Å²) in [5.74, 6) is -1.48. The van der Waals surface area contributed by atoms with Gasteiger partial charge in [0.1, 0.15) is 6.61 Å². The molecule has 0 spiro atoms. The van der Waals surface area contributed by atoms with Gasteiger partial charge in [-0.25, -0.2) is 14.0 Å². The lowest BCUT2D eigenvalue weighted by Crippen LogP contribution is -2.39. The number of alkyl halides is 2. The molecule has 2 rings (SSSR count). The number of halogens is 2.